The Balaban J connectivity index is 0.00000182. The molecular formula is C17H24ClN7. The van der Waals surface area contributed by atoms with Gasteiger partial charge in [-0.3, -0.25) is 4.68 Å². The summed E-state index contributed by atoms with van der Waals surface area (Å²) in [6, 6.07) is 2.03. The van der Waals surface area contributed by atoms with Crippen LogP contribution in [0.15, 0.2) is 30.9 Å². The topological polar surface area (TPSA) is 77.3 Å². The van der Waals surface area contributed by atoms with E-state index in [1.165, 1.54) is 6.42 Å². The van der Waals surface area contributed by atoms with E-state index in [9.17, 15) is 0 Å². The number of rotatable bonds is 3. The van der Waals surface area contributed by atoms with E-state index in [0.29, 0.717) is 5.92 Å². The lowest BCUT2D eigenvalue weighted by molar-refractivity contribution is 0.485. The van der Waals surface area contributed by atoms with Gasteiger partial charge in [0.1, 0.15) is 5.52 Å². The van der Waals surface area contributed by atoms with E-state index < -0.39 is 0 Å². The fourth-order valence-corrected chi connectivity index (χ4v) is 3.45. The van der Waals surface area contributed by atoms with Gasteiger partial charge in [0, 0.05) is 31.9 Å². The van der Waals surface area contributed by atoms with Gasteiger partial charge >= 0.3 is 0 Å². The zero-order valence-corrected chi connectivity index (χ0v) is 15.2. The Morgan fingerprint density at radius 3 is 2.84 bits per heavy atom. The quantitative estimate of drug-likeness (QED) is 0.773. The summed E-state index contributed by atoms with van der Waals surface area (Å²) in [7, 11) is 1.92. The summed E-state index contributed by atoms with van der Waals surface area (Å²) in [4.78, 5) is 7.33. The number of nitrogens with two attached hydrogens (primary N) is 1. The maximum atomic E-state index is 5.88. The summed E-state index contributed by atoms with van der Waals surface area (Å²) in [6.07, 6.45) is 11.1. The number of halogens is 1. The number of fused-ring (bicyclic) bond motifs is 1. The van der Waals surface area contributed by atoms with Crippen LogP contribution in [0, 0.1) is 5.92 Å². The van der Waals surface area contributed by atoms with Crippen LogP contribution >= 0.6 is 12.4 Å². The molecule has 1 saturated heterocycles. The van der Waals surface area contributed by atoms with Gasteiger partial charge in [-0.1, -0.05) is 0 Å². The van der Waals surface area contributed by atoms with Crippen molar-refractivity contribution in [2.24, 2.45) is 18.7 Å². The van der Waals surface area contributed by atoms with Crippen molar-refractivity contribution >= 4 is 23.7 Å². The van der Waals surface area contributed by atoms with E-state index in [0.717, 1.165) is 55.1 Å². The van der Waals surface area contributed by atoms with Crippen LogP contribution in [-0.4, -0.2) is 44.0 Å². The van der Waals surface area contributed by atoms with Gasteiger partial charge in [0.05, 0.1) is 24.3 Å². The predicted octanol–water partition coefficient (Wildman–Crippen LogP) is 2.12. The summed E-state index contributed by atoms with van der Waals surface area (Å²) < 4.78 is 3.71. The molecular weight excluding hydrogens is 338 g/mol. The molecule has 0 bridgehead atoms. The van der Waals surface area contributed by atoms with Crippen LogP contribution in [0.25, 0.3) is 16.8 Å². The molecule has 7 nitrogen and oxygen atoms in total. The summed E-state index contributed by atoms with van der Waals surface area (Å²) in [5.74, 6) is 1.63. The van der Waals surface area contributed by atoms with Crippen LogP contribution in [0.1, 0.15) is 19.3 Å². The molecule has 25 heavy (non-hydrogen) atoms. The van der Waals surface area contributed by atoms with Crippen molar-refractivity contribution in [2.45, 2.75) is 19.3 Å². The highest BCUT2D eigenvalue weighted by atomic mass is 35.5. The van der Waals surface area contributed by atoms with Gasteiger partial charge < -0.3 is 10.6 Å². The number of aryl methyl sites for hydroxylation is 1. The average molecular weight is 362 g/mol. The molecule has 1 fully saturated rings. The van der Waals surface area contributed by atoms with E-state index in [-0.39, 0.29) is 12.4 Å². The molecule has 134 valence electrons. The van der Waals surface area contributed by atoms with Gasteiger partial charge in [0.25, 0.3) is 0 Å². The normalized spacial score (nSPS) is 18.2. The van der Waals surface area contributed by atoms with E-state index >= 15 is 0 Å². The molecule has 8 heteroatoms. The standard InChI is InChI=1S/C17H23N7.ClH/c1-22-11-14(10-20-22)15-12-24-16(4-6-19-24)17(21-15)23-7-2-3-13(9-18)5-8-23;/h4,6,10-13H,2-3,5,7-9,18H2,1H3;1H. The number of anilines is 1. The number of nitrogens with zero attached hydrogens (tertiary/aromatic N) is 6. The number of hydrogen-bond acceptors (Lipinski definition) is 5. The minimum absolute atomic E-state index is 0. The third kappa shape index (κ3) is 3.48. The lowest BCUT2D eigenvalue weighted by Crippen LogP contribution is -2.26. The maximum Gasteiger partial charge on any atom is 0.155 e. The largest absolute Gasteiger partial charge is 0.355 e. The molecule has 0 amide bonds. The lowest BCUT2D eigenvalue weighted by atomic mass is 10.0. The van der Waals surface area contributed by atoms with Crippen molar-refractivity contribution in [2.75, 3.05) is 24.5 Å². The van der Waals surface area contributed by atoms with Crippen LogP contribution in [-0.2, 0) is 7.05 Å². The van der Waals surface area contributed by atoms with E-state index in [1.807, 2.05) is 42.4 Å². The molecule has 4 rings (SSSR count). The second-order valence-corrected chi connectivity index (χ2v) is 6.53. The first-order valence-electron chi connectivity index (χ1n) is 8.53. The van der Waals surface area contributed by atoms with Crippen molar-refractivity contribution < 1.29 is 0 Å². The Bertz CT molecular complexity index is 841. The van der Waals surface area contributed by atoms with Gasteiger partial charge in [-0.15, -0.1) is 12.4 Å². The van der Waals surface area contributed by atoms with Gasteiger partial charge in [0.15, 0.2) is 5.82 Å². The molecule has 1 unspecified atom stereocenters. The second kappa shape index (κ2) is 7.41. The Labute approximate surface area is 153 Å². The Morgan fingerprint density at radius 1 is 1.20 bits per heavy atom. The zero-order valence-electron chi connectivity index (χ0n) is 14.4. The summed E-state index contributed by atoms with van der Waals surface area (Å²) in [5.41, 5.74) is 8.83. The predicted molar refractivity (Wildman–Crippen MR) is 101 cm³/mol. The van der Waals surface area contributed by atoms with Crippen molar-refractivity contribution in [3.63, 3.8) is 0 Å². The average Bonchev–Trinajstić information content (AvgIpc) is 3.17. The first-order chi connectivity index (χ1) is 11.7. The summed E-state index contributed by atoms with van der Waals surface area (Å²) >= 11 is 0. The molecule has 4 heterocycles. The second-order valence-electron chi connectivity index (χ2n) is 6.53. The minimum Gasteiger partial charge on any atom is -0.355 e. The molecule has 1 aliphatic heterocycles. The summed E-state index contributed by atoms with van der Waals surface area (Å²) in [6.45, 7) is 2.78. The smallest absolute Gasteiger partial charge is 0.155 e. The number of hydrogen-bond donors (Lipinski definition) is 1. The summed E-state index contributed by atoms with van der Waals surface area (Å²) in [5, 5.41) is 8.68. The first-order valence-corrected chi connectivity index (χ1v) is 8.53. The molecule has 1 atom stereocenters. The molecule has 3 aromatic rings. The third-order valence-corrected chi connectivity index (χ3v) is 4.85. The molecule has 0 radical (unpaired) electrons. The molecule has 0 aromatic carbocycles. The Morgan fingerprint density at radius 2 is 2.08 bits per heavy atom. The Kier molecular flexibility index (Phi) is 5.24. The fraction of sp³-hybridized carbons (Fsp3) is 0.471. The van der Waals surface area contributed by atoms with Crippen molar-refractivity contribution in [3.8, 4) is 11.3 Å². The minimum atomic E-state index is 0. The molecule has 2 N–H and O–H groups in total. The van der Waals surface area contributed by atoms with Crippen molar-refractivity contribution in [3.05, 3.63) is 30.9 Å². The third-order valence-electron chi connectivity index (χ3n) is 4.85. The molecule has 0 saturated carbocycles. The maximum absolute atomic E-state index is 5.88. The van der Waals surface area contributed by atoms with Crippen LogP contribution in [0.5, 0.6) is 0 Å². The van der Waals surface area contributed by atoms with Crippen molar-refractivity contribution in [1.82, 2.24) is 24.4 Å². The molecule has 0 aliphatic carbocycles. The van der Waals surface area contributed by atoms with Gasteiger partial charge in [-0.05, 0) is 37.8 Å². The molecule has 0 spiro atoms. The van der Waals surface area contributed by atoms with Crippen LogP contribution in [0.3, 0.4) is 0 Å². The lowest BCUT2D eigenvalue weighted by Gasteiger charge is -2.23. The van der Waals surface area contributed by atoms with E-state index in [1.54, 1.807) is 4.68 Å². The van der Waals surface area contributed by atoms with Crippen molar-refractivity contribution in [1.29, 1.82) is 0 Å². The highest BCUT2D eigenvalue weighted by Crippen LogP contribution is 2.27. The highest BCUT2D eigenvalue weighted by molar-refractivity contribution is 5.85. The molecule has 1 aliphatic rings. The van der Waals surface area contributed by atoms with Gasteiger partial charge in [-0.2, -0.15) is 10.2 Å². The number of aromatic nitrogens is 5. The fourth-order valence-electron chi connectivity index (χ4n) is 3.45. The Hall–Kier alpha value is -2.12. The molecule has 3 aromatic heterocycles. The highest BCUT2D eigenvalue weighted by Gasteiger charge is 2.20. The van der Waals surface area contributed by atoms with Crippen LogP contribution in [0.4, 0.5) is 5.82 Å². The van der Waals surface area contributed by atoms with Gasteiger partial charge in [-0.25, -0.2) is 9.50 Å². The van der Waals surface area contributed by atoms with E-state index in [2.05, 4.69) is 15.1 Å². The first kappa shape index (κ1) is 17.7. The van der Waals surface area contributed by atoms with E-state index in [4.69, 9.17) is 10.7 Å². The monoisotopic (exact) mass is 361 g/mol. The SMILES string of the molecule is Cl.Cn1cc(-c2cn3nccc3c(N3CCCC(CN)CC3)n2)cn1. The zero-order chi connectivity index (χ0) is 16.5. The van der Waals surface area contributed by atoms with Gasteiger partial charge in [0.2, 0.25) is 0 Å². The van der Waals surface area contributed by atoms with Crippen LogP contribution < -0.4 is 10.6 Å². The van der Waals surface area contributed by atoms with Crippen LogP contribution in [0.2, 0.25) is 0 Å².